The molecule has 1 aliphatic carbocycles. The molecule has 0 saturated heterocycles. The number of hydrogen-bond donors (Lipinski definition) is 2. The zero-order valence-corrected chi connectivity index (χ0v) is 16.4. The molecule has 1 saturated carbocycles. The summed E-state index contributed by atoms with van der Waals surface area (Å²) in [6.45, 7) is 0. The monoisotopic (exact) mass is 432 g/mol. The third-order valence-electron chi connectivity index (χ3n) is 3.86. The number of rotatable bonds is 6. The molecule has 0 unspecified atom stereocenters. The van der Waals surface area contributed by atoms with Crippen LogP contribution in [0.5, 0.6) is 5.75 Å². The first-order valence-corrected chi connectivity index (χ1v) is 10.1. The summed E-state index contributed by atoms with van der Waals surface area (Å²) < 4.78 is 45.9. The number of methoxy groups -OCH3 is 1. The minimum atomic E-state index is -3.89. The van der Waals surface area contributed by atoms with Crippen LogP contribution in [0, 0.1) is 5.82 Å². The number of benzene rings is 2. The first-order chi connectivity index (χ1) is 12.7. The van der Waals surface area contributed by atoms with E-state index in [0.717, 1.165) is 25.0 Å². The SMILES string of the molecule is COc1ccc(NC(=O)c2cc(S(=O)(=O)NC3CC3)c(Cl)cc2Cl)cc1F. The van der Waals surface area contributed by atoms with Gasteiger partial charge in [0, 0.05) is 17.8 Å². The van der Waals surface area contributed by atoms with Gasteiger partial charge in [0.1, 0.15) is 4.90 Å². The molecule has 0 radical (unpaired) electrons. The number of hydrogen-bond acceptors (Lipinski definition) is 4. The Bertz CT molecular complexity index is 1010. The lowest BCUT2D eigenvalue weighted by atomic mass is 10.2. The second kappa shape index (κ2) is 7.63. The summed E-state index contributed by atoms with van der Waals surface area (Å²) in [6.07, 6.45) is 1.50. The summed E-state index contributed by atoms with van der Waals surface area (Å²) in [5, 5.41) is 2.34. The summed E-state index contributed by atoms with van der Waals surface area (Å²) >= 11 is 12.1. The number of nitrogens with one attached hydrogen (secondary N) is 2. The largest absolute Gasteiger partial charge is 0.494 e. The Balaban J connectivity index is 1.90. The Morgan fingerprint density at radius 1 is 1.19 bits per heavy atom. The van der Waals surface area contributed by atoms with Gasteiger partial charge in [-0.2, -0.15) is 0 Å². The average molecular weight is 433 g/mol. The predicted octanol–water partition coefficient (Wildman–Crippen LogP) is 3.83. The first-order valence-electron chi connectivity index (χ1n) is 7.87. The lowest BCUT2D eigenvalue weighted by Gasteiger charge is -2.12. The molecule has 2 aromatic rings. The van der Waals surface area contributed by atoms with Crippen molar-refractivity contribution in [2.45, 2.75) is 23.8 Å². The number of amides is 1. The van der Waals surface area contributed by atoms with Crippen LogP contribution in [0.3, 0.4) is 0 Å². The zero-order chi connectivity index (χ0) is 19.8. The number of ether oxygens (including phenoxy) is 1. The third kappa shape index (κ3) is 4.52. The standard InChI is InChI=1S/C17H15Cl2FN2O4S/c1-26-15-5-4-10(6-14(15)20)21-17(23)11-7-16(13(19)8-12(11)18)27(24,25)22-9-2-3-9/h4-9,22H,2-3H2,1H3,(H,21,23). The molecule has 2 aromatic carbocycles. The van der Waals surface area contributed by atoms with Crippen LogP contribution in [0.1, 0.15) is 23.2 Å². The fourth-order valence-corrected chi connectivity index (χ4v) is 4.50. The Labute approximate surface area is 165 Å². The Kier molecular flexibility index (Phi) is 5.62. The highest BCUT2D eigenvalue weighted by Crippen LogP contribution is 2.31. The van der Waals surface area contributed by atoms with Gasteiger partial charge in [-0.3, -0.25) is 4.79 Å². The van der Waals surface area contributed by atoms with Crippen molar-refractivity contribution in [3.8, 4) is 5.75 Å². The van der Waals surface area contributed by atoms with Crippen LogP contribution >= 0.6 is 23.2 Å². The summed E-state index contributed by atoms with van der Waals surface area (Å²) in [6, 6.07) is 6.03. The fourth-order valence-electron chi connectivity index (χ4n) is 2.34. The maximum atomic E-state index is 13.8. The highest BCUT2D eigenvalue weighted by Gasteiger charge is 2.30. The van der Waals surface area contributed by atoms with E-state index in [2.05, 4.69) is 10.0 Å². The van der Waals surface area contributed by atoms with Crippen LogP contribution in [-0.4, -0.2) is 27.5 Å². The van der Waals surface area contributed by atoms with E-state index in [1.807, 2.05) is 0 Å². The van der Waals surface area contributed by atoms with E-state index in [1.165, 1.54) is 25.3 Å². The number of carbonyl (C=O) groups is 1. The molecule has 0 aliphatic heterocycles. The topological polar surface area (TPSA) is 84.5 Å². The van der Waals surface area contributed by atoms with Crippen LogP contribution in [0.15, 0.2) is 35.2 Å². The molecular formula is C17H15Cl2FN2O4S. The van der Waals surface area contributed by atoms with E-state index in [1.54, 1.807) is 0 Å². The Hall–Kier alpha value is -1.87. The molecule has 10 heteroatoms. The van der Waals surface area contributed by atoms with Crippen molar-refractivity contribution >= 4 is 44.8 Å². The predicted molar refractivity (Wildman–Crippen MR) is 101 cm³/mol. The van der Waals surface area contributed by atoms with Crippen molar-refractivity contribution in [1.29, 1.82) is 0 Å². The molecule has 1 fully saturated rings. The summed E-state index contributed by atoms with van der Waals surface area (Å²) in [5.41, 5.74) is 0.0540. The summed E-state index contributed by atoms with van der Waals surface area (Å²) in [4.78, 5) is 12.3. The van der Waals surface area contributed by atoms with E-state index in [0.29, 0.717) is 0 Å². The van der Waals surface area contributed by atoms with Crippen molar-refractivity contribution in [2.75, 3.05) is 12.4 Å². The summed E-state index contributed by atoms with van der Waals surface area (Å²) in [5.74, 6) is -1.34. The minimum absolute atomic E-state index is 0.0251. The van der Waals surface area contributed by atoms with Gasteiger partial charge in [-0.15, -0.1) is 0 Å². The van der Waals surface area contributed by atoms with Gasteiger partial charge in [-0.25, -0.2) is 17.5 Å². The number of carbonyl (C=O) groups excluding carboxylic acids is 1. The molecule has 27 heavy (non-hydrogen) atoms. The molecule has 144 valence electrons. The molecule has 0 heterocycles. The van der Waals surface area contributed by atoms with E-state index in [9.17, 15) is 17.6 Å². The Morgan fingerprint density at radius 2 is 1.89 bits per heavy atom. The van der Waals surface area contributed by atoms with Gasteiger partial charge in [0.2, 0.25) is 10.0 Å². The smallest absolute Gasteiger partial charge is 0.257 e. The third-order valence-corrected chi connectivity index (χ3v) is 6.16. The second-order valence-corrected chi connectivity index (χ2v) is 8.46. The lowest BCUT2D eigenvalue weighted by molar-refractivity contribution is 0.102. The second-order valence-electron chi connectivity index (χ2n) is 5.96. The quantitative estimate of drug-likeness (QED) is 0.725. The normalized spacial score (nSPS) is 14.1. The van der Waals surface area contributed by atoms with Crippen LogP contribution < -0.4 is 14.8 Å². The Morgan fingerprint density at radius 3 is 2.48 bits per heavy atom. The first kappa shape index (κ1) is 19.9. The number of sulfonamides is 1. The van der Waals surface area contributed by atoms with E-state index in [-0.39, 0.29) is 38.0 Å². The van der Waals surface area contributed by atoms with E-state index < -0.39 is 21.7 Å². The van der Waals surface area contributed by atoms with Gasteiger partial charge in [0.05, 0.1) is 22.7 Å². The van der Waals surface area contributed by atoms with Crippen molar-refractivity contribution in [3.05, 3.63) is 51.8 Å². The van der Waals surface area contributed by atoms with Gasteiger partial charge in [0.25, 0.3) is 5.91 Å². The van der Waals surface area contributed by atoms with Crippen molar-refractivity contribution < 1.29 is 22.3 Å². The fraction of sp³-hybridized carbons (Fsp3) is 0.235. The highest BCUT2D eigenvalue weighted by atomic mass is 35.5. The van der Waals surface area contributed by atoms with E-state index in [4.69, 9.17) is 27.9 Å². The number of anilines is 1. The van der Waals surface area contributed by atoms with Crippen LogP contribution in [0.2, 0.25) is 10.0 Å². The number of halogens is 3. The van der Waals surface area contributed by atoms with Gasteiger partial charge in [-0.05, 0) is 37.1 Å². The molecule has 6 nitrogen and oxygen atoms in total. The zero-order valence-electron chi connectivity index (χ0n) is 14.1. The molecule has 0 bridgehead atoms. The van der Waals surface area contributed by atoms with Crippen molar-refractivity contribution in [3.63, 3.8) is 0 Å². The van der Waals surface area contributed by atoms with Crippen LogP contribution in [0.25, 0.3) is 0 Å². The van der Waals surface area contributed by atoms with Crippen LogP contribution in [-0.2, 0) is 10.0 Å². The van der Waals surface area contributed by atoms with Gasteiger partial charge >= 0.3 is 0 Å². The van der Waals surface area contributed by atoms with Gasteiger partial charge in [0.15, 0.2) is 11.6 Å². The van der Waals surface area contributed by atoms with Gasteiger partial charge in [-0.1, -0.05) is 23.2 Å². The summed E-state index contributed by atoms with van der Waals surface area (Å²) in [7, 11) is -2.56. The maximum Gasteiger partial charge on any atom is 0.257 e. The average Bonchev–Trinajstić information content (AvgIpc) is 3.37. The lowest BCUT2D eigenvalue weighted by Crippen LogP contribution is -2.26. The molecule has 0 aromatic heterocycles. The van der Waals surface area contributed by atoms with E-state index >= 15 is 0 Å². The van der Waals surface area contributed by atoms with Crippen molar-refractivity contribution in [1.82, 2.24) is 4.72 Å². The maximum absolute atomic E-state index is 13.8. The minimum Gasteiger partial charge on any atom is -0.494 e. The van der Waals surface area contributed by atoms with Crippen LogP contribution in [0.4, 0.5) is 10.1 Å². The molecule has 3 rings (SSSR count). The molecule has 1 amide bonds. The van der Waals surface area contributed by atoms with Gasteiger partial charge < -0.3 is 10.1 Å². The molecule has 0 spiro atoms. The molecular weight excluding hydrogens is 418 g/mol. The molecule has 2 N–H and O–H groups in total. The molecule has 1 aliphatic rings. The molecule has 0 atom stereocenters. The van der Waals surface area contributed by atoms with Crippen molar-refractivity contribution in [2.24, 2.45) is 0 Å². The highest BCUT2D eigenvalue weighted by molar-refractivity contribution is 7.89.